The van der Waals surface area contributed by atoms with Crippen molar-refractivity contribution in [1.82, 2.24) is 0 Å². The van der Waals surface area contributed by atoms with Crippen molar-refractivity contribution in [2.24, 2.45) is 23.2 Å². The number of ether oxygens (including phenoxy) is 5. The molecule has 0 saturated carbocycles. The third kappa shape index (κ3) is 30.8. The fourth-order valence-corrected chi connectivity index (χ4v) is 12.1. The van der Waals surface area contributed by atoms with Crippen LogP contribution in [0, 0.1) is 23.2 Å². The molecule has 0 fully saturated rings. The first-order chi connectivity index (χ1) is 22.3. The van der Waals surface area contributed by atoms with Crippen molar-refractivity contribution in [2.45, 2.75) is 152 Å². The number of hydrogen-bond acceptors (Lipinski definition) is 9. The number of hydrogen-bond donors (Lipinski definition) is 0. The van der Waals surface area contributed by atoms with E-state index in [2.05, 4.69) is 46.6 Å². The highest BCUT2D eigenvalue weighted by molar-refractivity contribution is 6.84. The monoisotopic (exact) mass is 723 g/mol. The van der Waals surface area contributed by atoms with E-state index in [0.29, 0.717) is 45.6 Å². The molecule has 0 aliphatic heterocycles. The Kier molecular flexibility index (Phi) is 31.4. The predicted molar refractivity (Wildman–Crippen MR) is 203 cm³/mol. The fourth-order valence-electron chi connectivity index (χ4n) is 4.04. The van der Waals surface area contributed by atoms with E-state index < -0.39 is 16.6 Å². The molecule has 0 aromatic carbocycles. The van der Waals surface area contributed by atoms with E-state index in [1.165, 1.54) is 19.3 Å². The molecule has 11 heteroatoms. The molecular formula is C37H78O9Si2. The van der Waals surface area contributed by atoms with E-state index in [-0.39, 0.29) is 35.2 Å². The van der Waals surface area contributed by atoms with Crippen molar-refractivity contribution < 1.29 is 42.2 Å². The summed E-state index contributed by atoms with van der Waals surface area (Å²) in [7, 11) is -1.43. The van der Waals surface area contributed by atoms with Gasteiger partial charge in [0.1, 0.15) is 6.61 Å². The molecule has 0 radical (unpaired) electrons. The van der Waals surface area contributed by atoms with Gasteiger partial charge in [-0.25, -0.2) is 0 Å². The van der Waals surface area contributed by atoms with E-state index >= 15 is 0 Å². The normalized spacial score (nSPS) is 13.6. The van der Waals surface area contributed by atoms with E-state index in [1.54, 1.807) is 7.11 Å². The second kappa shape index (κ2) is 29.5. The van der Waals surface area contributed by atoms with Crippen LogP contribution in [0.2, 0.25) is 38.8 Å². The molecule has 0 saturated heterocycles. The first kappa shape index (κ1) is 51.1. The largest absolute Gasteiger partial charge is 0.465 e. The Morgan fingerprint density at radius 2 is 1.23 bits per heavy atom. The highest BCUT2D eigenvalue weighted by Gasteiger charge is 2.30. The number of carbonyl (C=O) groups is 3. The lowest BCUT2D eigenvalue weighted by Crippen LogP contribution is -2.42. The molecule has 0 aliphatic carbocycles. The lowest BCUT2D eigenvalue weighted by atomic mass is 9.91. The lowest BCUT2D eigenvalue weighted by Gasteiger charge is -2.31. The smallest absolute Gasteiger partial charge is 0.311 e. The summed E-state index contributed by atoms with van der Waals surface area (Å²) < 4.78 is 31.8. The molecule has 0 rings (SSSR count). The number of methoxy groups -OCH3 is 1. The summed E-state index contributed by atoms with van der Waals surface area (Å²) in [6.45, 7) is 32.2. The van der Waals surface area contributed by atoms with Crippen molar-refractivity contribution in [2.75, 3.05) is 46.8 Å². The van der Waals surface area contributed by atoms with Crippen LogP contribution in [0.5, 0.6) is 0 Å². The van der Waals surface area contributed by atoms with Crippen LogP contribution >= 0.6 is 0 Å². The molecule has 288 valence electrons. The molecule has 0 aromatic heterocycles. The van der Waals surface area contributed by atoms with Gasteiger partial charge < -0.3 is 27.8 Å². The summed E-state index contributed by atoms with van der Waals surface area (Å²) in [6, 6.07) is 1.05. The first-order valence-corrected chi connectivity index (χ1v) is 25.1. The third-order valence-electron chi connectivity index (χ3n) is 8.11. The van der Waals surface area contributed by atoms with Gasteiger partial charge in [0.05, 0.1) is 50.3 Å². The average molecular weight is 723 g/mol. The maximum Gasteiger partial charge on any atom is 0.311 e. The molecule has 0 aliphatic rings. The van der Waals surface area contributed by atoms with Crippen molar-refractivity contribution in [1.29, 1.82) is 0 Å². The zero-order valence-electron chi connectivity index (χ0n) is 34.0. The molecule has 0 heterocycles. The number of carbonyl (C=O) groups excluding carboxylic acids is 3. The maximum absolute atomic E-state index is 11.8. The Morgan fingerprint density at radius 1 is 0.688 bits per heavy atom. The van der Waals surface area contributed by atoms with Crippen LogP contribution in [0.25, 0.3) is 0 Å². The van der Waals surface area contributed by atoms with Gasteiger partial charge in [0.2, 0.25) is 0 Å². The van der Waals surface area contributed by atoms with E-state index in [1.807, 2.05) is 48.5 Å². The summed E-state index contributed by atoms with van der Waals surface area (Å²) in [5.41, 5.74) is -0.359. The van der Waals surface area contributed by atoms with E-state index in [0.717, 1.165) is 38.1 Å². The number of esters is 3. The van der Waals surface area contributed by atoms with Crippen molar-refractivity contribution in [3.63, 3.8) is 0 Å². The minimum absolute atomic E-state index is 0.0195. The van der Waals surface area contributed by atoms with Gasteiger partial charge in [-0.15, -0.1) is 0 Å². The van der Waals surface area contributed by atoms with Crippen LogP contribution in [0.1, 0.15) is 114 Å². The predicted octanol–water partition coefficient (Wildman–Crippen LogP) is 9.44. The Balaban J connectivity index is -0.000000642. The lowest BCUT2D eigenvalue weighted by molar-refractivity contribution is -0.154. The molecule has 0 aromatic rings. The van der Waals surface area contributed by atoms with Gasteiger partial charge in [0.15, 0.2) is 16.6 Å². The van der Waals surface area contributed by atoms with Crippen LogP contribution in [-0.2, 0) is 42.2 Å². The van der Waals surface area contributed by atoms with Crippen LogP contribution < -0.4 is 0 Å². The summed E-state index contributed by atoms with van der Waals surface area (Å²) in [6.07, 6.45) is 8.14. The number of unbranched alkanes of at least 4 members (excludes halogenated alkanes) is 1. The highest BCUT2D eigenvalue weighted by Crippen LogP contribution is 2.23. The first-order valence-electron chi connectivity index (χ1n) is 18.5. The van der Waals surface area contributed by atoms with Crippen LogP contribution in [-0.4, -0.2) is 81.3 Å². The quantitative estimate of drug-likeness (QED) is 0.0417. The van der Waals surface area contributed by atoms with E-state index in [9.17, 15) is 14.4 Å². The summed E-state index contributed by atoms with van der Waals surface area (Å²) in [5.74, 6) is 0.316. The van der Waals surface area contributed by atoms with Crippen LogP contribution in [0.3, 0.4) is 0 Å². The van der Waals surface area contributed by atoms with Gasteiger partial charge in [-0.2, -0.15) is 0 Å². The molecule has 9 nitrogen and oxygen atoms in total. The maximum atomic E-state index is 11.8. The van der Waals surface area contributed by atoms with E-state index in [4.69, 9.17) is 27.8 Å². The summed E-state index contributed by atoms with van der Waals surface area (Å²) in [5, 5.41) is 0. The minimum atomic E-state index is -1.59. The standard InChI is InChI=1S/C14H32O3Si2.C13H26O2.C10H20O4/c1-9-14(2,3)13(15)16-11-10-12-19(7,8)17-18(4,5)6;1-5-8-9-12(7-3)10-15-13(14)11(4)6-2;1-4-9(2)10(11)14-8-7-13-6-5-12-3/h9-12H2,1-8H3;11-12H,5-10H2,1-4H3;9H,4-8H2,1-3H3. The second-order valence-corrected chi connectivity index (χ2v) is 23.9. The topological polar surface area (TPSA) is 107 Å². The molecule has 48 heavy (non-hydrogen) atoms. The molecule has 3 unspecified atom stereocenters. The van der Waals surface area contributed by atoms with Crippen molar-refractivity contribution in [3.8, 4) is 0 Å². The summed E-state index contributed by atoms with van der Waals surface area (Å²) in [4.78, 5) is 34.4. The molecule has 3 atom stereocenters. The van der Waals surface area contributed by atoms with Gasteiger partial charge >= 0.3 is 17.9 Å². The Morgan fingerprint density at radius 3 is 1.69 bits per heavy atom. The zero-order chi connectivity index (χ0) is 37.8. The molecule has 0 amide bonds. The van der Waals surface area contributed by atoms with Gasteiger partial charge in [0, 0.05) is 7.11 Å². The van der Waals surface area contributed by atoms with Gasteiger partial charge in [-0.3, -0.25) is 14.4 Å². The number of rotatable bonds is 24. The van der Waals surface area contributed by atoms with Gasteiger partial charge in [-0.1, -0.05) is 67.7 Å². The van der Waals surface area contributed by atoms with Gasteiger partial charge in [-0.05, 0) is 90.6 Å². The second-order valence-electron chi connectivity index (χ2n) is 14.9. The highest BCUT2D eigenvalue weighted by atomic mass is 28.4. The molecular weight excluding hydrogens is 645 g/mol. The van der Waals surface area contributed by atoms with Crippen LogP contribution in [0.15, 0.2) is 0 Å². The van der Waals surface area contributed by atoms with Crippen molar-refractivity contribution in [3.05, 3.63) is 0 Å². The Labute approximate surface area is 298 Å². The zero-order valence-corrected chi connectivity index (χ0v) is 36.0. The Bertz CT molecular complexity index is 813. The van der Waals surface area contributed by atoms with Gasteiger partial charge in [0.25, 0.3) is 0 Å². The van der Waals surface area contributed by atoms with Crippen molar-refractivity contribution >= 4 is 34.5 Å². The molecule has 0 bridgehead atoms. The average Bonchev–Trinajstić information content (AvgIpc) is 3.02. The SMILES string of the molecule is CCC(C)(C)C(=O)OCCC[Si](C)(C)O[Si](C)(C)C.CCC(C)C(=O)OCCOCCOC.CCCCC(CC)COC(=O)C(C)CC. The minimum Gasteiger partial charge on any atom is -0.465 e. The Hall–Kier alpha value is -1.28. The molecule has 0 spiro atoms. The summed E-state index contributed by atoms with van der Waals surface area (Å²) >= 11 is 0. The van der Waals surface area contributed by atoms with Crippen LogP contribution in [0.4, 0.5) is 0 Å². The molecule has 0 N–H and O–H groups in total. The fraction of sp³-hybridized carbons (Fsp3) is 0.919. The third-order valence-corrected chi connectivity index (χ3v) is 14.3.